The van der Waals surface area contributed by atoms with Crippen LogP contribution in [-0.4, -0.2) is 101 Å². The number of aliphatic carboxylic acids is 1. The van der Waals surface area contributed by atoms with Gasteiger partial charge in [0, 0.05) is 11.3 Å². The summed E-state index contributed by atoms with van der Waals surface area (Å²) in [6.07, 6.45) is -0.0449. The second kappa shape index (κ2) is 15.1. The van der Waals surface area contributed by atoms with Gasteiger partial charge in [0.25, 0.3) is 11.8 Å². The van der Waals surface area contributed by atoms with E-state index in [2.05, 4.69) is 21.3 Å². The Bertz CT molecular complexity index is 1910. The van der Waals surface area contributed by atoms with Gasteiger partial charge in [-0.15, -0.1) is 11.8 Å². The highest BCUT2D eigenvalue weighted by molar-refractivity contribution is 8.01. The van der Waals surface area contributed by atoms with Gasteiger partial charge in [-0.05, 0) is 56.5 Å². The lowest BCUT2D eigenvalue weighted by Crippen LogP contribution is -2.71. The van der Waals surface area contributed by atoms with Crippen LogP contribution in [0.3, 0.4) is 0 Å². The van der Waals surface area contributed by atoms with Crippen molar-refractivity contribution in [3.8, 4) is 23.0 Å². The minimum atomic E-state index is -1.38. The van der Waals surface area contributed by atoms with Crippen molar-refractivity contribution in [3.63, 3.8) is 0 Å². The van der Waals surface area contributed by atoms with Gasteiger partial charge < -0.3 is 51.7 Å². The van der Waals surface area contributed by atoms with E-state index in [0.29, 0.717) is 5.56 Å². The molecule has 2 heterocycles. The van der Waals surface area contributed by atoms with E-state index in [1.807, 2.05) is 0 Å². The molecule has 0 radical (unpaired) electrons. The van der Waals surface area contributed by atoms with E-state index in [4.69, 9.17) is 0 Å². The number of carboxylic acid groups (broad SMARTS) is 1. The number of carbonyl (C=O) groups is 6. The molecule has 5 amide bonds. The second-order valence-corrected chi connectivity index (χ2v) is 14.5. The van der Waals surface area contributed by atoms with Crippen LogP contribution in [0.15, 0.2) is 66.7 Å². The number of nitrogens with one attached hydrogen (secondary N) is 4. The predicted molar refractivity (Wildman–Crippen MR) is 185 cm³/mol. The molecule has 4 unspecified atom stereocenters. The van der Waals surface area contributed by atoms with Crippen molar-refractivity contribution in [2.24, 2.45) is 0 Å². The summed E-state index contributed by atoms with van der Waals surface area (Å²) in [5.74, 6) is -7.44. The molecule has 17 heteroatoms. The third-order valence-corrected chi connectivity index (χ3v) is 10.3. The Balaban J connectivity index is 1.33. The van der Waals surface area contributed by atoms with Crippen LogP contribution in [0.4, 0.5) is 0 Å². The first-order chi connectivity index (χ1) is 24.6. The molecule has 2 aliphatic heterocycles. The first-order valence-corrected chi connectivity index (χ1v) is 17.0. The minimum Gasteiger partial charge on any atom is -0.504 e. The van der Waals surface area contributed by atoms with E-state index in [1.165, 1.54) is 47.0 Å². The van der Waals surface area contributed by atoms with Crippen molar-refractivity contribution in [2.75, 3.05) is 6.54 Å². The monoisotopic (exact) mass is 735 g/mol. The number of fused-ring (bicyclic) bond motifs is 1. The van der Waals surface area contributed by atoms with Gasteiger partial charge in [0.1, 0.15) is 29.5 Å². The van der Waals surface area contributed by atoms with Crippen molar-refractivity contribution < 1.29 is 54.3 Å². The fourth-order valence-corrected chi connectivity index (χ4v) is 7.73. The van der Waals surface area contributed by atoms with E-state index in [0.717, 1.165) is 6.07 Å². The Morgan fingerprint density at radius 3 is 2.00 bits per heavy atom. The van der Waals surface area contributed by atoms with Crippen LogP contribution in [-0.2, 0) is 19.2 Å². The highest BCUT2D eigenvalue weighted by atomic mass is 32.2. The normalized spacial score (nSPS) is 19.7. The number of amides is 5. The average molecular weight is 736 g/mol. The third kappa shape index (κ3) is 7.53. The highest BCUT2D eigenvalue weighted by Gasteiger charge is 2.64. The Kier molecular flexibility index (Phi) is 10.8. The molecule has 0 spiro atoms. The zero-order valence-electron chi connectivity index (χ0n) is 27.9. The quantitative estimate of drug-likeness (QED) is 0.0685. The smallest absolute Gasteiger partial charge is 0.327 e. The highest BCUT2D eigenvalue weighted by Crippen LogP contribution is 2.50. The number of carboxylic acids is 1. The fraction of sp³-hybridized carbons (Fsp3) is 0.314. The maximum atomic E-state index is 13.9. The van der Waals surface area contributed by atoms with Crippen molar-refractivity contribution in [1.82, 2.24) is 26.2 Å². The van der Waals surface area contributed by atoms with E-state index >= 15 is 0 Å². The summed E-state index contributed by atoms with van der Waals surface area (Å²) < 4.78 is -0.836. The fourth-order valence-electron chi connectivity index (χ4n) is 6.11. The van der Waals surface area contributed by atoms with Gasteiger partial charge in [0.05, 0.1) is 11.1 Å². The maximum absolute atomic E-state index is 13.9. The van der Waals surface area contributed by atoms with Gasteiger partial charge in [0.15, 0.2) is 23.0 Å². The molecule has 5 rings (SSSR count). The van der Waals surface area contributed by atoms with Crippen LogP contribution in [0.5, 0.6) is 23.0 Å². The maximum Gasteiger partial charge on any atom is 0.327 e. The summed E-state index contributed by atoms with van der Waals surface area (Å²) in [7, 11) is 0. The molecule has 274 valence electrons. The lowest BCUT2D eigenvalue weighted by Gasteiger charge is -2.44. The van der Waals surface area contributed by atoms with Crippen LogP contribution < -0.4 is 21.3 Å². The number of carbonyl (C=O) groups excluding carboxylic acids is 5. The van der Waals surface area contributed by atoms with Crippen molar-refractivity contribution in [1.29, 1.82) is 0 Å². The topological polar surface area (TPSA) is 255 Å². The van der Waals surface area contributed by atoms with E-state index < -0.39 is 92.8 Å². The molecule has 0 aliphatic carbocycles. The van der Waals surface area contributed by atoms with Gasteiger partial charge >= 0.3 is 5.97 Å². The third-order valence-electron chi connectivity index (χ3n) is 8.75. The molecule has 2 fully saturated rings. The summed E-state index contributed by atoms with van der Waals surface area (Å²) in [6, 6.07) is 10.7. The number of β-lactam (4-membered cyclic amide) rings is 1. The molecule has 3 aromatic carbocycles. The second-order valence-electron chi connectivity index (χ2n) is 12.7. The Labute approximate surface area is 301 Å². The largest absolute Gasteiger partial charge is 0.504 e. The van der Waals surface area contributed by atoms with Crippen molar-refractivity contribution >= 4 is 47.3 Å². The molecule has 2 aliphatic rings. The van der Waals surface area contributed by atoms with Gasteiger partial charge in [-0.1, -0.05) is 42.5 Å². The van der Waals surface area contributed by atoms with E-state index in [9.17, 15) is 54.3 Å². The van der Waals surface area contributed by atoms with Gasteiger partial charge in [-0.3, -0.25) is 24.0 Å². The first kappa shape index (κ1) is 37.3. The molecule has 9 N–H and O–H groups in total. The number of nitrogens with zero attached hydrogens (tertiary/aromatic N) is 1. The van der Waals surface area contributed by atoms with E-state index in [-0.39, 0.29) is 30.5 Å². The molecule has 3 aromatic rings. The summed E-state index contributed by atoms with van der Waals surface area (Å²) in [6.45, 7) is 3.34. The number of thioether (sulfide) groups is 1. The van der Waals surface area contributed by atoms with Crippen molar-refractivity contribution in [3.05, 3.63) is 83.4 Å². The summed E-state index contributed by atoms with van der Waals surface area (Å²) >= 11 is 1.23. The standard InChI is InChI=1S/C35H37N5O11S/c1-35(2)27(34(50)51)40-32(49)24(33(40)52-35)39-31(48)23(17-9-4-3-5-10-17)38-30(47)20(37-29(46)19-12-7-15-22(42)26(19)44)13-8-16-36-28(45)18-11-6-14-21(41)25(18)43/h3-7,9-12,14-15,20,23-24,27,33,41-44H,8,13,16H2,1-2H3,(H,36,45)(H,37,46)(H,38,47)(H,39,48)(H,50,51)/t20-,23?,24?,27?,33?/m0/s1. The van der Waals surface area contributed by atoms with E-state index in [1.54, 1.807) is 44.2 Å². The van der Waals surface area contributed by atoms with Crippen LogP contribution in [0.1, 0.15) is 59.0 Å². The number of rotatable bonds is 13. The van der Waals surface area contributed by atoms with Gasteiger partial charge in [0.2, 0.25) is 17.7 Å². The number of hydrogen-bond acceptors (Lipinski definition) is 11. The molecule has 5 atom stereocenters. The molecular weight excluding hydrogens is 698 g/mol. The molecule has 2 saturated heterocycles. The average Bonchev–Trinajstić information content (AvgIpc) is 3.37. The van der Waals surface area contributed by atoms with Crippen LogP contribution >= 0.6 is 11.8 Å². The number of benzene rings is 3. The number of phenolic OH excluding ortho intramolecular Hbond substituents is 4. The Morgan fingerprint density at radius 1 is 0.808 bits per heavy atom. The van der Waals surface area contributed by atoms with Gasteiger partial charge in [-0.25, -0.2) is 4.79 Å². The lowest BCUT2D eigenvalue weighted by atomic mass is 9.95. The zero-order chi connectivity index (χ0) is 37.9. The van der Waals surface area contributed by atoms with Crippen LogP contribution in [0.25, 0.3) is 0 Å². The zero-order valence-corrected chi connectivity index (χ0v) is 28.7. The summed E-state index contributed by atoms with van der Waals surface area (Å²) in [5, 5.41) is 59.3. The summed E-state index contributed by atoms with van der Waals surface area (Å²) in [4.78, 5) is 79.8. The molecule has 0 saturated carbocycles. The predicted octanol–water partition coefficient (Wildman–Crippen LogP) is 1.31. The Hall–Kier alpha value is -5.97. The molecule has 52 heavy (non-hydrogen) atoms. The van der Waals surface area contributed by atoms with Gasteiger partial charge in [-0.2, -0.15) is 0 Å². The number of aromatic hydroxyl groups is 4. The molecule has 0 bridgehead atoms. The SMILES string of the molecule is CC1(C)SC2C(NC(=O)C(NC(=O)[C@H](CCCNC(=O)c3cccc(O)c3O)NC(=O)c3cccc(O)c3O)c3ccccc3)C(=O)N2C1C(=O)O. The molecule has 0 aromatic heterocycles. The minimum absolute atomic E-state index is 0.0550. The Morgan fingerprint density at radius 2 is 1.40 bits per heavy atom. The summed E-state index contributed by atoms with van der Waals surface area (Å²) in [5.41, 5.74) is -0.203. The molecule has 16 nitrogen and oxygen atoms in total. The molecular formula is C35H37N5O11S. The number of phenols is 4. The lowest BCUT2D eigenvalue weighted by molar-refractivity contribution is -0.161. The van der Waals surface area contributed by atoms with Crippen molar-refractivity contribution in [2.45, 2.75) is 61.0 Å². The number of hydrogen-bond donors (Lipinski definition) is 9. The number of para-hydroxylation sites is 2. The van der Waals surface area contributed by atoms with Crippen LogP contribution in [0, 0.1) is 0 Å². The first-order valence-electron chi connectivity index (χ1n) is 16.1. The van der Waals surface area contributed by atoms with Crippen LogP contribution in [0.2, 0.25) is 0 Å².